The minimum absolute atomic E-state index is 0.0414. The Labute approximate surface area is 148 Å². The molecule has 0 saturated carbocycles. The van der Waals surface area contributed by atoms with Crippen molar-refractivity contribution in [2.45, 2.75) is 19.8 Å². The van der Waals surface area contributed by atoms with Crippen LogP contribution in [0.4, 0.5) is 11.5 Å². The fraction of sp³-hybridized carbons (Fsp3) is 0.421. The van der Waals surface area contributed by atoms with Crippen molar-refractivity contribution in [3.05, 3.63) is 48.4 Å². The standard InChI is InChI=1S/C19H25N5O/c1-2-3-9-20-18-15-21-17(14-22-18)19(25)24-12-10-23(11-13-24)16-7-5-4-6-8-16/h4-8,14-15H,2-3,9-13H2,1H3,(H,20,22). The molecule has 0 bridgehead atoms. The van der Waals surface area contributed by atoms with Gasteiger partial charge in [-0.1, -0.05) is 31.5 Å². The summed E-state index contributed by atoms with van der Waals surface area (Å²) in [5, 5.41) is 3.21. The summed E-state index contributed by atoms with van der Waals surface area (Å²) >= 11 is 0. The minimum atomic E-state index is -0.0414. The monoisotopic (exact) mass is 339 g/mol. The summed E-state index contributed by atoms with van der Waals surface area (Å²) in [6.07, 6.45) is 5.43. The third-order valence-electron chi connectivity index (χ3n) is 4.40. The molecule has 6 heteroatoms. The molecule has 1 aromatic heterocycles. The van der Waals surface area contributed by atoms with Crippen molar-refractivity contribution >= 4 is 17.4 Å². The quantitative estimate of drug-likeness (QED) is 0.820. The third-order valence-corrected chi connectivity index (χ3v) is 4.40. The molecule has 1 aromatic carbocycles. The van der Waals surface area contributed by atoms with E-state index in [9.17, 15) is 4.79 Å². The Bertz CT molecular complexity index is 666. The largest absolute Gasteiger partial charge is 0.369 e. The zero-order valence-corrected chi connectivity index (χ0v) is 14.7. The number of piperazine rings is 1. The Morgan fingerprint density at radius 2 is 1.84 bits per heavy atom. The second-order valence-electron chi connectivity index (χ2n) is 6.18. The van der Waals surface area contributed by atoms with Gasteiger partial charge in [-0.25, -0.2) is 9.97 Å². The van der Waals surface area contributed by atoms with Gasteiger partial charge in [-0.15, -0.1) is 0 Å². The topological polar surface area (TPSA) is 61.4 Å². The molecule has 0 unspecified atom stereocenters. The molecule has 3 rings (SSSR count). The van der Waals surface area contributed by atoms with Crippen LogP contribution in [0.15, 0.2) is 42.7 Å². The second-order valence-corrected chi connectivity index (χ2v) is 6.18. The van der Waals surface area contributed by atoms with Gasteiger partial charge < -0.3 is 15.1 Å². The van der Waals surface area contributed by atoms with E-state index in [4.69, 9.17) is 0 Å². The van der Waals surface area contributed by atoms with Crippen molar-refractivity contribution in [2.24, 2.45) is 0 Å². The number of carbonyl (C=O) groups is 1. The van der Waals surface area contributed by atoms with E-state index in [-0.39, 0.29) is 5.91 Å². The number of rotatable bonds is 6. The van der Waals surface area contributed by atoms with Crippen LogP contribution in [0.5, 0.6) is 0 Å². The Kier molecular flexibility index (Phi) is 5.82. The molecule has 0 spiro atoms. The van der Waals surface area contributed by atoms with Crippen LogP contribution in [-0.2, 0) is 0 Å². The van der Waals surface area contributed by atoms with Crippen molar-refractivity contribution in [1.29, 1.82) is 0 Å². The molecule has 1 amide bonds. The molecule has 1 aliphatic rings. The number of hydrogen-bond donors (Lipinski definition) is 1. The molecule has 2 heterocycles. The van der Waals surface area contributed by atoms with E-state index < -0.39 is 0 Å². The average molecular weight is 339 g/mol. The summed E-state index contributed by atoms with van der Waals surface area (Å²) in [6, 6.07) is 10.3. The lowest BCUT2D eigenvalue weighted by molar-refractivity contribution is 0.0740. The maximum Gasteiger partial charge on any atom is 0.274 e. The minimum Gasteiger partial charge on any atom is -0.369 e. The first-order valence-corrected chi connectivity index (χ1v) is 8.93. The van der Waals surface area contributed by atoms with Gasteiger partial charge in [-0.05, 0) is 18.6 Å². The van der Waals surface area contributed by atoms with E-state index in [0.717, 1.165) is 38.3 Å². The van der Waals surface area contributed by atoms with Gasteiger partial charge in [0.25, 0.3) is 5.91 Å². The molecule has 1 saturated heterocycles. The van der Waals surface area contributed by atoms with Crippen LogP contribution >= 0.6 is 0 Å². The number of aromatic nitrogens is 2. The highest BCUT2D eigenvalue weighted by Gasteiger charge is 2.23. The smallest absolute Gasteiger partial charge is 0.274 e. The first-order chi connectivity index (χ1) is 12.3. The van der Waals surface area contributed by atoms with Gasteiger partial charge >= 0.3 is 0 Å². The summed E-state index contributed by atoms with van der Waals surface area (Å²) < 4.78 is 0. The third kappa shape index (κ3) is 4.47. The number of benzene rings is 1. The highest BCUT2D eigenvalue weighted by Crippen LogP contribution is 2.16. The van der Waals surface area contributed by atoms with E-state index in [1.165, 1.54) is 5.69 Å². The Morgan fingerprint density at radius 1 is 1.08 bits per heavy atom. The number of amides is 1. The Balaban J connectivity index is 1.53. The van der Waals surface area contributed by atoms with Gasteiger partial charge in [0.05, 0.1) is 12.4 Å². The summed E-state index contributed by atoms with van der Waals surface area (Å²) in [6.45, 7) is 6.09. The lowest BCUT2D eigenvalue weighted by Gasteiger charge is -2.35. The van der Waals surface area contributed by atoms with Crippen molar-refractivity contribution in [3.63, 3.8) is 0 Å². The number of nitrogens with one attached hydrogen (secondary N) is 1. The van der Waals surface area contributed by atoms with Crippen LogP contribution in [0.25, 0.3) is 0 Å². The molecule has 0 atom stereocenters. The molecule has 0 radical (unpaired) electrons. The van der Waals surface area contributed by atoms with Crippen molar-refractivity contribution in [3.8, 4) is 0 Å². The molecule has 0 aliphatic carbocycles. The SMILES string of the molecule is CCCCNc1cnc(C(=O)N2CCN(c3ccccc3)CC2)cn1. The van der Waals surface area contributed by atoms with Crippen LogP contribution in [0, 0.1) is 0 Å². The zero-order chi connectivity index (χ0) is 17.5. The first kappa shape index (κ1) is 17.2. The van der Waals surface area contributed by atoms with Crippen molar-refractivity contribution < 1.29 is 4.79 Å². The number of para-hydroxylation sites is 1. The van der Waals surface area contributed by atoms with Gasteiger partial charge in [0, 0.05) is 38.4 Å². The molecule has 2 aromatic rings. The van der Waals surface area contributed by atoms with E-state index in [1.807, 2.05) is 23.1 Å². The van der Waals surface area contributed by atoms with Crippen LogP contribution in [0.3, 0.4) is 0 Å². The maximum absolute atomic E-state index is 12.6. The fourth-order valence-corrected chi connectivity index (χ4v) is 2.89. The molecule has 6 nitrogen and oxygen atoms in total. The van der Waals surface area contributed by atoms with Crippen LogP contribution in [0.2, 0.25) is 0 Å². The predicted octanol–water partition coefficient (Wildman–Crippen LogP) is 2.65. The molecular weight excluding hydrogens is 314 g/mol. The van der Waals surface area contributed by atoms with Crippen LogP contribution in [0.1, 0.15) is 30.3 Å². The summed E-state index contributed by atoms with van der Waals surface area (Å²) in [5.41, 5.74) is 1.62. The van der Waals surface area contributed by atoms with Gasteiger partial charge in [0.2, 0.25) is 0 Å². The number of unbranched alkanes of at least 4 members (excludes halogenated alkanes) is 1. The van der Waals surface area contributed by atoms with Crippen molar-refractivity contribution in [2.75, 3.05) is 42.9 Å². The Hall–Kier alpha value is -2.63. The van der Waals surface area contributed by atoms with Gasteiger partial charge in [-0.3, -0.25) is 4.79 Å². The highest BCUT2D eigenvalue weighted by atomic mass is 16.2. The second kappa shape index (κ2) is 8.46. The summed E-state index contributed by atoms with van der Waals surface area (Å²) in [5.74, 6) is 0.680. The van der Waals surface area contributed by atoms with E-state index >= 15 is 0 Å². The number of nitrogens with zero attached hydrogens (tertiary/aromatic N) is 4. The molecule has 25 heavy (non-hydrogen) atoms. The van der Waals surface area contributed by atoms with E-state index in [2.05, 4.69) is 39.2 Å². The molecule has 1 aliphatic heterocycles. The average Bonchev–Trinajstić information content (AvgIpc) is 2.69. The van der Waals surface area contributed by atoms with Crippen LogP contribution in [-0.4, -0.2) is 53.5 Å². The fourth-order valence-electron chi connectivity index (χ4n) is 2.89. The molecule has 1 N–H and O–H groups in total. The van der Waals surface area contributed by atoms with Gasteiger partial charge in [0.15, 0.2) is 0 Å². The van der Waals surface area contributed by atoms with Gasteiger partial charge in [-0.2, -0.15) is 0 Å². The Morgan fingerprint density at radius 3 is 2.48 bits per heavy atom. The van der Waals surface area contributed by atoms with E-state index in [1.54, 1.807) is 12.4 Å². The van der Waals surface area contributed by atoms with Gasteiger partial charge in [0.1, 0.15) is 11.5 Å². The van der Waals surface area contributed by atoms with Crippen LogP contribution < -0.4 is 10.2 Å². The number of hydrogen-bond acceptors (Lipinski definition) is 5. The summed E-state index contributed by atoms with van der Waals surface area (Å²) in [7, 11) is 0. The predicted molar refractivity (Wildman–Crippen MR) is 100.0 cm³/mol. The normalized spacial score (nSPS) is 14.4. The molecule has 132 valence electrons. The highest BCUT2D eigenvalue weighted by molar-refractivity contribution is 5.92. The maximum atomic E-state index is 12.6. The lowest BCUT2D eigenvalue weighted by Crippen LogP contribution is -2.49. The van der Waals surface area contributed by atoms with E-state index in [0.29, 0.717) is 18.8 Å². The number of carbonyl (C=O) groups excluding carboxylic acids is 1. The molecule has 1 fully saturated rings. The first-order valence-electron chi connectivity index (χ1n) is 8.93. The summed E-state index contributed by atoms with van der Waals surface area (Å²) in [4.78, 5) is 25.3. The molecular formula is C19H25N5O. The van der Waals surface area contributed by atoms with Crippen molar-refractivity contribution in [1.82, 2.24) is 14.9 Å². The lowest BCUT2D eigenvalue weighted by atomic mass is 10.2. The number of anilines is 2. The zero-order valence-electron chi connectivity index (χ0n) is 14.7.